The second-order valence-electron chi connectivity index (χ2n) is 5.11. The number of carbonyl (C=O) groups is 2. The second kappa shape index (κ2) is 5.69. The average Bonchev–Trinajstić information content (AvgIpc) is 2.55. The first-order valence-electron chi connectivity index (χ1n) is 5.92. The molecule has 1 amide bonds. The fraction of sp³-hybridized carbons (Fsp3) is 0.818. The van der Waals surface area contributed by atoms with Crippen LogP contribution in [0.4, 0.5) is 0 Å². The molecular weight excluding hydrogens is 258 g/mol. The zero-order valence-electron chi connectivity index (χ0n) is 10.6. The van der Waals surface area contributed by atoms with Crippen LogP contribution in [0.3, 0.4) is 0 Å². The van der Waals surface area contributed by atoms with Gasteiger partial charge < -0.3 is 10.0 Å². The Morgan fingerprint density at radius 3 is 2.39 bits per heavy atom. The Kier molecular flexibility index (Phi) is 4.72. The highest BCUT2D eigenvalue weighted by molar-refractivity contribution is 7.91. The van der Waals surface area contributed by atoms with Crippen LogP contribution in [0.2, 0.25) is 0 Å². The van der Waals surface area contributed by atoms with E-state index in [0.29, 0.717) is 13.0 Å². The van der Waals surface area contributed by atoms with Gasteiger partial charge in [-0.15, -0.1) is 0 Å². The maximum Gasteiger partial charge on any atom is 0.323 e. The summed E-state index contributed by atoms with van der Waals surface area (Å²) in [7, 11) is -3.13. The quantitative estimate of drug-likeness (QED) is 0.763. The molecule has 0 radical (unpaired) electrons. The normalized spacial score (nSPS) is 22.1. The van der Waals surface area contributed by atoms with E-state index in [0.717, 1.165) is 0 Å². The van der Waals surface area contributed by atoms with Crippen LogP contribution in [-0.4, -0.2) is 54.9 Å². The highest BCUT2D eigenvalue weighted by atomic mass is 32.2. The van der Waals surface area contributed by atoms with Gasteiger partial charge in [0.15, 0.2) is 9.84 Å². The van der Waals surface area contributed by atoms with Crippen molar-refractivity contribution in [2.45, 2.75) is 20.3 Å². The molecule has 1 rings (SSSR count). The van der Waals surface area contributed by atoms with Crippen LogP contribution in [0.5, 0.6) is 0 Å². The molecule has 1 saturated heterocycles. The van der Waals surface area contributed by atoms with Crippen molar-refractivity contribution in [3.8, 4) is 0 Å². The van der Waals surface area contributed by atoms with Gasteiger partial charge in [-0.3, -0.25) is 9.59 Å². The van der Waals surface area contributed by atoms with Gasteiger partial charge in [-0.25, -0.2) is 8.42 Å². The largest absolute Gasteiger partial charge is 0.480 e. The molecule has 1 heterocycles. The lowest BCUT2D eigenvalue weighted by Crippen LogP contribution is -2.42. The molecule has 104 valence electrons. The summed E-state index contributed by atoms with van der Waals surface area (Å²) in [5.41, 5.74) is 0. The van der Waals surface area contributed by atoms with Gasteiger partial charge in [0.25, 0.3) is 0 Å². The van der Waals surface area contributed by atoms with Gasteiger partial charge in [-0.05, 0) is 12.3 Å². The highest BCUT2D eigenvalue weighted by Gasteiger charge is 2.35. The summed E-state index contributed by atoms with van der Waals surface area (Å²) in [6.07, 6.45) is 0.301. The molecule has 1 aliphatic heterocycles. The molecule has 1 unspecified atom stereocenters. The van der Waals surface area contributed by atoms with Crippen LogP contribution in [-0.2, 0) is 19.4 Å². The molecule has 0 aromatic heterocycles. The zero-order chi connectivity index (χ0) is 13.9. The van der Waals surface area contributed by atoms with Gasteiger partial charge in [0.05, 0.1) is 17.4 Å². The first kappa shape index (κ1) is 14.9. The molecule has 0 bridgehead atoms. The van der Waals surface area contributed by atoms with Crippen molar-refractivity contribution in [2.24, 2.45) is 11.8 Å². The third-order valence-corrected chi connectivity index (χ3v) is 4.57. The molecule has 0 saturated carbocycles. The molecule has 1 fully saturated rings. The smallest absolute Gasteiger partial charge is 0.323 e. The minimum atomic E-state index is -3.13. The Morgan fingerprint density at radius 2 is 2.00 bits per heavy atom. The third kappa shape index (κ3) is 4.29. The first-order chi connectivity index (χ1) is 8.21. The van der Waals surface area contributed by atoms with E-state index in [1.165, 1.54) is 4.90 Å². The van der Waals surface area contributed by atoms with Crippen LogP contribution in [0.1, 0.15) is 20.3 Å². The third-order valence-electron chi connectivity index (χ3n) is 2.81. The lowest BCUT2D eigenvalue weighted by Gasteiger charge is -2.25. The molecule has 0 aromatic carbocycles. The van der Waals surface area contributed by atoms with Crippen molar-refractivity contribution in [2.75, 3.05) is 24.6 Å². The van der Waals surface area contributed by atoms with E-state index in [1.54, 1.807) is 0 Å². The fourth-order valence-electron chi connectivity index (χ4n) is 2.08. The lowest BCUT2D eigenvalue weighted by molar-refractivity contribution is -0.146. The monoisotopic (exact) mass is 277 g/mol. The van der Waals surface area contributed by atoms with Gasteiger partial charge in [0.1, 0.15) is 6.54 Å². The molecule has 0 aliphatic carbocycles. The average molecular weight is 277 g/mol. The summed E-state index contributed by atoms with van der Waals surface area (Å²) in [5.74, 6) is -2.00. The Bertz CT molecular complexity index is 429. The van der Waals surface area contributed by atoms with Crippen molar-refractivity contribution in [3.63, 3.8) is 0 Å². The van der Waals surface area contributed by atoms with E-state index in [9.17, 15) is 18.0 Å². The second-order valence-corrected chi connectivity index (χ2v) is 7.34. The Morgan fingerprint density at radius 1 is 1.39 bits per heavy atom. The van der Waals surface area contributed by atoms with E-state index in [-0.39, 0.29) is 29.9 Å². The van der Waals surface area contributed by atoms with E-state index in [2.05, 4.69) is 0 Å². The van der Waals surface area contributed by atoms with Crippen LogP contribution in [0.25, 0.3) is 0 Å². The number of carbonyl (C=O) groups excluding carboxylic acids is 1. The number of hydrogen-bond donors (Lipinski definition) is 1. The minimum Gasteiger partial charge on any atom is -0.480 e. The topological polar surface area (TPSA) is 91.8 Å². The standard InChI is InChI=1S/C11H19NO5S/c1-8(2)5-12(6-10(13)14)11(15)9-3-4-18(16,17)7-9/h8-9H,3-7H2,1-2H3,(H,13,14). The molecule has 6 nitrogen and oxygen atoms in total. The number of sulfone groups is 1. The highest BCUT2D eigenvalue weighted by Crippen LogP contribution is 2.21. The summed E-state index contributed by atoms with van der Waals surface area (Å²) < 4.78 is 22.7. The first-order valence-corrected chi connectivity index (χ1v) is 7.74. The number of aliphatic carboxylic acids is 1. The summed E-state index contributed by atoms with van der Waals surface area (Å²) in [6, 6.07) is 0. The van der Waals surface area contributed by atoms with Gasteiger partial charge in [-0.2, -0.15) is 0 Å². The number of amides is 1. The van der Waals surface area contributed by atoms with Crippen molar-refractivity contribution >= 4 is 21.7 Å². The molecule has 0 spiro atoms. The molecular formula is C11H19NO5S. The molecule has 7 heteroatoms. The maximum atomic E-state index is 12.1. The van der Waals surface area contributed by atoms with Crippen LogP contribution < -0.4 is 0 Å². The summed E-state index contributed by atoms with van der Waals surface area (Å²) in [4.78, 5) is 24.1. The van der Waals surface area contributed by atoms with Gasteiger partial charge in [-0.1, -0.05) is 13.8 Å². The van der Waals surface area contributed by atoms with Crippen molar-refractivity contribution in [1.29, 1.82) is 0 Å². The molecule has 1 aliphatic rings. The maximum absolute atomic E-state index is 12.1. The summed E-state index contributed by atoms with van der Waals surface area (Å²) in [5, 5.41) is 8.78. The molecule has 1 atom stereocenters. The molecule has 1 N–H and O–H groups in total. The van der Waals surface area contributed by atoms with Gasteiger partial charge >= 0.3 is 5.97 Å². The van der Waals surface area contributed by atoms with Crippen LogP contribution >= 0.6 is 0 Å². The number of rotatable bonds is 5. The fourth-order valence-corrected chi connectivity index (χ4v) is 3.82. The number of hydrogen-bond acceptors (Lipinski definition) is 4. The predicted octanol–water partition coefficient (Wildman–Crippen LogP) is -0.00970. The van der Waals surface area contributed by atoms with Crippen molar-refractivity contribution < 1.29 is 23.1 Å². The lowest BCUT2D eigenvalue weighted by atomic mass is 10.1. The van der Waals surface area contributed by atoms with Crippen molar-refractivity contribution in [3.05, 3.63) is 0 Å². The SMILES string of the molecule is CC(C)CN(CC(=O)O)C(=O)C1CCS(=O)(=O)C1. The predicted molar refractivity (Wildman–Crippen MR) is 65.8 cm³/mol. The van der Waals surface area contributed by atoms with Crippen LogP contribution in [0.15, 0.2) is 0 Å². The van der Waals surface area contributed by atoms with E-state index >= 15 is 0 Å². The molecule has 18 heavy (non-hydrogen) atoms. The zero-order valence-corrected chi connectivity index (χ0v) is 11.4. The Labute approximate surface area is 107 Å². The van der Waals surface area contributed by atoms with E-state index < -0.39 is 21.7 Å². The minimum absolute atomic E-state index is 0.0198. The van der Waals surface area contributed by atoms with Gasteiger partial charge in [0, 0.05) is 6.54 Å². The molecule has 0 aromatic rings. The number of carboxylic acids is 1. The van der Waals surface area contributed by atoms with E-state index in [1.807, 2.05) is 13.8 Å². The Hall–Kier alpha value is -1.11. The summed E-state index contributed by atoms with van der Waals surface area (Å²) in [6.45, 7) is 3.73. The number of carboxylic acid groups (broad SMARTS) is 1. The van der Waals surface area contributed by atoms with Gasteiger partial charge in [0.2, 0.25) is 5.91 Å². The Balaban J connectivity index is 2.73. The summed E-state index contributed by atoms with van der Waals surface area (Å²) >= 11 is 0. The van der Waals surface area contributed by atoms with Crippen LogP contribution in [0, 0.1) is 11.8 Å². The van der Waals surface area contributed by atoms with E-state index in [4.69, 9.17) is 5.11 Å². The number of nitrogens with zero attached hydrogens (tertiary/aromatic N) is 1. The van der Waals surface area contributed by atoms with Crippen molar-refractivity contribution in [1.82, 2.24) is 4.90 Å².